The van der Waals surface area contributed by atoms with Crippen LogP contribution < -0.4 is 10.9 Å². The van der Waals surface area contributed by atoms with Crippen molar-refractivity contribution in [3.05, 3.63) is 56.0 Å². The lowest BCUT2D eigenvalue weighted by molar-refractivity contribution is -0.384. The zero-order chi connectivity index (χ0) is 19.7. The van der Waals surface area contributed by atoms with Crippen molar-refractivity contribution in [2.45, 2.75) is 50.2 Å². The summed E-state index contributed by atoms with van der Waals surface area (Å²) in [5, 5.41) is 18.4. The van der Waals surface area contributed by atoms with Crippen molar-refractivity contribution in [2.24, 2.45) is 0 Å². The van der Waals surface area contributed by atoms with Gasteiger partial charge in [0.1, 0.15) is 5.02 Å². The molecule has 2 aliphatic rings. The highest BCUT2D eigenvalue weighted by Gasteiger charge is 2.40. The van der Waals surface area contributed by atoms with Crippen LogP contribution in [0.15, 0.2) is 35.3 Å². The maximum atomic E-state index is 12.7. The number of halogens is 1. The van der Waals surface area contributed by atoms with Gasteiger partial charge in [-0.25, -0.2) is 0 Å². The van der Waals surface area contributed by atoms with Crippen LogP contribution in [0.3, 0.4) is 0 Å². The van der Waals surface area contributed by atoms with Crippen molar-refractivity contribution in [3.63, 3.8) is 0 Å². The van der Waals surface area contributed by atoms with E-state index in [2.05, 4.69) is 10.4 Å². The predicted molar refractivity (Wildman–Crippen MR) is 105 cm³/mol. The number of ether oxygens (including phenoxy) is 1. The lowest BCUT2D eigenvalue weighted by Crippen LogP contribution is -2.42. The number of non-ortho nitro benzene ring substituents is 1. The van der Waals surface area contributed by atoms with E-state index in [4.69, 9.17) is 16.3 Å². The number of hydrogen-bond donors (Lipinski definition) is 1. The Balaban J connectivity index is 1.54. The van der Waals surface area contributed by atoms with Crippen LogP contribution in [0.25, 0.3) is 5.69 Å². The van der Waals surface area contributed by atoms with Gasteiger partial charge in [0.15, 0.2) is 0 Å². The molecule has 1 atom stereocenters. The number of nitrogens with one attached hydrogen (secondary N) is 1. The maximum Gasteiger partial charge on any atom is 0.292 e. The van der Waals surface area contributed by atoms with E-state index < -0.39 is 10.5 Å². The second-order valence-electron chi connectivity index (χ2n) is 7.44. The zero-order valence-electron chi connectivity index (χ0n) is 15.3. The Bertz CT molecular complexity index is 938. The summed E-state index contributed by atoms with van der Waals surface area (Å²) in [4.78, 5) is 23.0. The number of nitrogens with zero attached hydrogens (tertiary/aromatic N) is 3. The average molecular weight is 405 g/mol. The van der Waals surface area contributed by atoms with Gasteiger partial charge in [0.05, 0.1) is 28.1 Å². The van der Waals surface area contributed by atoms with Gasteiger partial charge < -0.3 is 10.1 Å². The Morgan fingerprint density at radius 1 is 1.29 bits per heavy atom. The highest BCUT2D eigenvalue weighted by molar-refractivity contribution is 6.33. The maximum absolute atomic E-state index is 12.7. The lowest BCUT2D eigenvalue weighted by Gasteiger charge is -2.39. The average Bonchev–Trinajstić information content (AvgIpc) is 3.13. The van der Waals surface area contributed by atoms with Crippen LogP contribution in [0.2, 0.25) is 5.02 Å². The zero-order valence-corrected chi connectivity index (χ0v) is 16.0. The number of hydrogen-bond acceptors (Lipinski definition) is 6. The number of benzene rings is 1. The fourth-order valence-corrected chi connectivity index (χ4v) is 4.35. The van der Waals surface area contributed by atoms with Crippen molar-refractivity contribution in [1.82, 2.24) is 9.78 Å². The summed E-state index contributed by atoms with van der Waals surface area (Å²) >= 11 is 6.33. The van der Waals surface area contributed by atoms with Gasteiger partial charge in [-0.2, -0.15) is 9.78 Å². The third kappa shape index (κ3) is 3.62. The van der Waals surface area contributed by atoms with Gasteiger partial charge in [-0.3, -0.25) is 14.9 Å². The fourth-order valence-electron chi connectivity index (χ4n) is 4.17. The summed E-state index contributed by atoms with van der Waals surface area (Å²) < 4.78 is 7.19. The van der Waals surface area contributed by atoms with Crippen molar-refractivity contribution in [2.75, 3.05) is 11.9 Å². The molecule has 9 heteroatoms. The third-order valence-electron chi connectivity index (χ3n) is 5.59. The molecule has 2 aromatic rings. The summed E-state index contributed by atoms with van der Waals surface area (Å²) in [6, 6.07) is 5.77. The van der Waals surface area contributed by atoms with Crippen molar-refractivity contribution >= 4 is 23.0 Å². The van der Waals surface area contributed by atoms with Crippen LogP contribution in [-0.2, 0) is 4.74 Å². The van der Waals surface area contributed by atoms with E-state index in [0.717, 1.165) is 30.4 Å². The van der Waals surface area contributed by atoms with Gasteiger partial charge in [0, 0.05) is 24.8 Å². The highest BCUT2D eigenvalue weighted by Crippen LogP contribution is 2.40. The number of rotatable bonds is 4. The summed E-state index contributed by atoms with van der Waals surface area (Å²) in [6.07, 6.45) is 7.83. The molecule has 1 aromatic heterocycles. The van der Waals surface area contributed by atoms with Gasteiger partial charge in [-0.15, -0.1) is 0 Å². The van der Waals surface area contributed by atoms with E-state index in [9.17, 15) is 14.9 Å². The Kier molecular flexibility index (Phi) is 5.07. The molecule has 0 radical (unpaired) electrons. The molecule has 1 saturated heterocycles. The molecule has 2 heterocycles. The number of nitro benzene ring substituents is 1. The standard InChI is InChI=1S/C19H21ClN4O4/c20-17-16(22-13-7-10-28-19(11-13)8-1-2-9-19)12-21-23(18(17)25)14-3-5-15(6-4-14)24(26)27/h3-6,12-13,22H,1-2,7-11H2. The molecular weight excluding hydrogens is 384 g/mol. The molecule has 2 fully saturated rings. The Morgan fingerprint density at radius 2 is 2.00 bits per heavy atom. The Morgan fingerprint density at radius 3 is 2.68 bits per heavy atom. The second kappa shape index (κ2) is 7.52. The van der Waals surface area contributed by atoms with Gasteiger partial charge in [0.25, 0.3) is 11.2 Å². The second-order valence-corrected chi connectivity index (χ2v) is 7.81. The molecule has 1 unspecified atom stereocenters. The van der Waals surface area contributed by atoms with E-state index in [1.807, 2.05) is 0 Å². The number of nitro groups is 1. The van der Waals surface area contributed by atoms with Crippen LogP contribution >= 0.6 is 11.6 Å². The minimum Gasteiger partial charge on any atom is -0.379 e. The van der Waals surface area contributed by atoms with Crippen LogP contribution in [0.4, 0.5) is 11.4 Å². The quantitative estimate of drug-likeness (QED) is 0.616. The first-order chi connectivity index (χ1) is 13.5. The van der Waals surface area contributed by atoms with Crippen LogP contribution in [0, 0.1) is 10.1 Å². The summed E-state index contributed by atoms with van der Waals surface area (Å²) in [6.45, 7) is 0.697. The summed E-state index contributed by atoms with van der Waals surface area (Å²) in [5.41, 5.74) is 0.360. The van der Waals surface area contributed by atoms with Gasteiger partial charge in [-0.05, 0) is 37.8 Å². The van der Waals surface area contributed by atoms with Gasteiger partial charge in [0.2, 0.25) is 0 Å². The van der Waals surface area contributed by atoms with E-state index in [-0.39, 0.29) is 22.4 Å². The molecule has 1 aliphatic heterocycles. The number of aromatic nitrogens is 2. The van der Waals surface area contributed by atoms with Crippen molar-refractivity contribution in [3.8, 4) is 5.69 Å². The molecule has 1 saturated carbocycles. The minimum atomic E-state index is -0.495. The molecular formula is C19H21ClN4O4. The molecule has 148 valence electrons. The SMILES string of the molecule is O=c1c(Cl)c(NC2CCOC3(CCCC3)C2)cnn1-c1ccc([N+](=O)[O-])cc1. The lowest BCUT2D eigenvalue weighted by atomic mass is 9.89. The fraction of sp³-hybridized carbons (Fsp3) is 0.474. The van der Waals surface area contributed by atoms with Crippen LogP contribution in [0.5, 0.6) is 0 Å². The largest absolute Gasteiger partial charge is 0.379 e. The smallest absolute Gasteiger partial charge is 0.292 e. The first-order valence-electron chi connectivity index (χ1n) is 9.41. The Labute approximate surface area is 166 Å². The topological polar surface area (TPSA) is 99.3 Å². The molecule has 8 nitrogen and oxygen atoms in total. The highest BCUT2D eigenvalue weighted by atomic mass is 35.5. The predicted octanol–water partition coefficient (Wildman–Crippen LogP) is 3.70. The minimum absolute atomic E-state index is 0.0381. The molecule has 1 spiro atoms. The first kappa shape index (κ1) is 18.9. The van der Waals surface area contributed by atoms with E-state index >= 15 is 0 Å². The van der Waals surface area contributed by atoms with Crippen molar-refractivity contribution in [1.29, 1.82) is 0 Å². The molecule has 1 aromatic carbocycles. The molecule has 4 rings (SSSR count). The third-order valence-corrected chi connectivity index (χ3v) is 5.96. The van der Waals surface area contributed by atoms with Crippen LogP contribution in [0.1, 0.15) is 38.5 Å². The van der Waals surface area contributed by atoms with Gasteiger partial charge in [-0.1, -0.05) is 24.4 Å². The monoisotopic (exact) mass is 404 g/mol. The van der Waals surface area contributed by atoms with Gasteiger partial charge >= 0.3 is 0 Å². The summed E-state index contributed by atoms with van der Waals surface area (Å²) in [5.74, 6) is 0. The molecule has 0 amide bonds. The molecule has 28 heavy (non-hydrogen) atoms. The molecule has 1 aliphatic carbocycles. The van der Waals surface area contributed by atoms with E-state index in [1.165, 1.54) is 43.3 Å². The van der Waals surface area contributed by atoms with E-state index in [0.29, 0.717) is 18.0 Å². The molecule has 1 N–H and O–H groups in total. The molecule has 0 bridgehead atoms. The van der Waals surface area contributed by atoms with E-state index in [1.54, 1.807) is 0 Å². The normalized spacial score (nSPS) is 21.0. The Hall–Kier alpha value is -2.45. The number of anilines is 1. The summed E-state index contributed by atoms with van der Waals surface area (Å²) in [7, 11) is 0. The van der Waals surface area contributed by atoms with Crippen LogP contribution in [-0.4, -0.2) is 33.0 Å². The van der Waals surface area contributed by atoms with Crippen molar-refractivity contribution < 1.29 is 9.66 Å². The first-order valence-corrected chi connectivity index (χ1v) is 9.78.